The number of para-hydroxylation sites is 1. The van der Waals surface area contributed by atoms with Gasteiger partial charge in [0.05, 0.1) is 11.4 Å². The summed E-state index contributed by atoms with van der Waals surface area (Å²) >= 11 is 0. The van der Waals surface area contributed by atoms with E-state index in [-0.39, 0.29) is 5.82 Å². The molecule has 2 nitrogen and oxygen atoms in total. The number of nitrogens with two attached hydrogens (primary N) is 1. The molecule has 1 aromatic rings. The molecule has 16 heavy (non-hydrogen) atoms. The highest BCUT2D eigenvalue weighted by Gasteiger charge is 2.14. The third-order valence-electron chi connectivity index (χ3n) is 3.37. The number of anilines is 2. The van der Waals surface area contributed by atoms with Gasteiger partial charge in [0, 0.05) is 6.54 Å². The molecule has 0 aliphatic heterocycles. The monoisotopic (exact) mass is 222 g/mol. The smallest absolute Gasteiger partial charge is 0.148 e. The van der Waals surface area contributed by atoms with Gasteiger partial charge in [0.1, 0.15) is 5.82 Å². The van der Waals surface area contributed by atoms with Crippen LogP contribution in [0.25, 0.3) is 0 Å². The number of benzene rings is 1. The van der Waals surface area contributed by atoms with Gasteiger partial charge in [-0.25, -0.2) is 4.39 Å². The molecule has 0 amide bonds. The van der Waals surface area contributed by atoms with Crippen molar-refractivity contribution in [2.75, 3.05) is 17.6 Å². The molecule has 0 saturated heterocycles. The fourth-order valence-corrected chi connectivity index (χ4v) is 2.43. The first-order chi connectivity index (χ1) is 7.77. The minimum atomic E-state index is -0.258. The summed E-state index contributed by atoms with van der Waals surface area (Å²) in [5.41, 5.74) is 6.66. The lowest BCUT2D eigenvalue weighted by atomic mass is 10.0. The van der Waals surface area contributed by atoms with Crippen LogP contribution in [0.3, 0.4) is 0 Å². The Morgan fingerprint density at radius 2 is 2.06 bits per heavy atom. The van der Waals surface area contributed by atoms with Gasteiger partial charge in [-0.05, 0) is 24.5 Å². The van der Waals surface area contributed by atoms with Gasteiger partial charge in [-0.2, -0.15) is 0 Å². The van der Waals surface area contributed by atoms with E-state index >= 15 is 0 Å². The molecular weight excluding hydrogens is 203 g/mol. The Morgan fingerprint density at radius 3 is 2.75 bits per heavy atom. The van der Waals surface area contributed by atoms with E-state index in [4.69, 9.17) is 5.73 Å². The third kappa shape index (κ3) is 2.65. The second-order valence-corrected chi connectivity index (χ2v) is 4.57. The molecule has 0 aromatic heterocycles. The molecule has 1 aliphatic rings. The van der Waals surface area contributed by atoms with E-state index in [1.54, 1.807) is 12.1 Å². The summed E-state index contributed by atoms with van der Waals surface area (Å²) in [4.78, 5) is 0. The van der Waals surface area contributed by atoms with E-state index in [1.165, 1.54) is 31.7 Å². The normalized spacial score (nSPS) is 16.6. The number of nitrogens with one attached hydrogen (secondary N) is 1. The van der Waals surface area contributed by atoms with E-state index in [0.717, 1.165) is 18.9 Å². The molecule has 0 radical (unpaired) electrons. The molecule has 3 heteroatoms. The van der Waals surface area contributed by atoms with E-state index in [0.29, 0.717) is 11.4 Å². The maximum Gasteiger partial charge on any atom is 0.148 e. The van der Waals surface area contributed by atoms with Crippen LogP contribution >= 0.6 is 0 Å². The first-order valence-electron chi connectivity index (χ1n) is 6.05. The molecule has 0 atom stereocenters. The SMILES string of the molecule is Nc1cccc(F)c1NCCC1CCCC1. The zero-order valence-corrected chi connectivity index (χ0v) is 9.51. The number of rotatable bonds is 4. The Labute approximate surface area is 96.0 Å². The van der Waals surface area contributed by atoms with Crippen molar-refractivity contribution in [1.82, 2.24) is 0 Å². The third-order valence-corrected chi connectivity index (χ3v) is 3.37. The molecule has 0 heterocycles. The quantitative estimate of drug-likeness (QED) is 0.766. The largest absolute Gasteiger partial charge is 0.397 e. The zero-order valence-electron chi connectivity index (χ0n) is 9.51. The summed E-state index contributed by atoms with van der Waals surface area (Å²) in [6.45, 7) is 0.815. The molecule has 1 aliphatic carbocycles. The number of halogens is 1. The lowest BCUT2D eigenvalue weighted by Gasteiger charge is -2.12. The fraction of sp³-hybridized carbons (Fsp3) is 0.538. The van der Waals surface area contributed by atoms with Gasteiger partial charge in [-0.3, -0.25) is 0 Å². The highest BCUT2D eigenvalue weighted by Crippen LogP contribution is 2.28. The minimum absolute atomic E-state index is 0.258. The summed E-state index contributed by atoms with van der Waals surface area (Å²) in [5, 5.41) is 3.11. The van der Waals surface area contributed by atoms with Crippen LogP contribution in [0.1, 0.15) is 32.1 Å². The van der Waals surface area contributed by atoms with Crippen molar-refractivity contribution in [1.29, 1.82) is 0 Å². The standard InChI is InChI=1S/C13H19FN2/c14-11-6-3-7-12(15)13(11)16-9-8-10-4-1-2-5-10/h3,6-7,10,16H,1-2,4-5,8-9,15H2. The maximum atomic E-state index is 13.4. The average molecular weight is 222 g/mol. The Balaban J connectivity index is 1.84. The predicted octanol–water partition coefficient (Wildman–Crippen LogP) is 3.40. The van der Waals surface area contributed by atoms with Crippen molar-refractivity contribution in [3.63, 3.8) is 0 Å². The van der Waals surface area contributed by atoms with Gasteiger partial charge in [-0.1, -0.05) is 31.7 Å². The van der Waals surface area contributed by atoms with E-state index in [1.807, 2.05) is 0 Å². The Morgan fingerprint density at radius 1 is 1.31 bits per heavy atom. The molecule has 0 spiro atoms. The van der Waals surface area contributed by atoms with Crippen molar-refractivity contribution in [3.05, 3.63) is 24.0 Å². The summed E-state index contributed by atoms with van der Waals surface area (Å²) in [7, 11) is 0. The van der Waals surface area contributed by atoms with E-state index in [2.05, 4.69) is 5.32 Å². The van der Waals surface area contributed by atoms with E-state index < -0.39 is 0 Å². The summed E-state index contributed by atoms with van der Waals surface area (Å²) in [5.74, 6) is 0.562. The average Bonchev–Trinajstić information content (AvgIpc) is 2.75. The number of nitrogen functional groups attached to an aromatic ring is 1. The van der Waals surface area contributed by atoms with Crippen LogP contribution < -0.4 is 11.1 Å². The van der Waals surface area contributed by atoms with Gasteiger partial charge >= 0.3 is 0 Å². The maximum absolute atomic E-state index is 13.4. The summed E-state index contributed by atoms with van der Waals surface area (Å²) < 4.78 is 13.4. The molecule has 2 rings (SSSR count). The van der Waals surface area contributed by atoms with E-state index in [9.17, 15) is 4.39 Å². The second kappa shape index (κ2) is 5.19. The molecule has 3 N–H and O–H groups in total. The molecular formula is C13H19FN2. The fourth-order valence-electron chi connectivity index (χ4n) is 2.43. The second-order valence-electron chi connectivity index (χ2n) is 4.57. The van der Waals surface area contributed by atoms with Gasteiger partial charge < -0.3 is 11.1 Å². The lowest BCUT2D eigenvalue weighted by molar-refractivity contribution is 0.517. The zero-order chi connectivity index (χ0) is 11.4. The molecule has 1 aromatic carbocycles. The lowest BCUT2D eigenvalue weighted by Crippen LogP contribution is -2.09. The van der Waals surface area contributed by atoms with Crippen LogP contribution in [0, 0.1) is 11.7 Å². The Kier molecular flexibility index (Phi) is 3.65. The van der Waals surface area contributed by atoms with Crippen LogP contribution in [-0.4, -0.2) is 6.54 Å². The highest BCUT2D eigenvalue weighted by molar-refractivity contribution is 5.66. The van der Waals surface area contributed by atoms with Crippen molar-refractivity contribution in [2.24, 2.45) is 5.92 Å². The van der Waals surface area contributed by atoms with Crippen LogP contribution in [-0.2, 0) is 0 Å². The number of hydrogen-bond donors (Lipinski definition) is 2. The minimum Gasteiger partial charge on any atom is -0.397 e. The molecule has 0 unspecified atom stereocenters. The molecule has 1 fully saturated rings. The van der Waals surface area contributed by atoms with Gasteiger partial charge in [0.2, 0.25) is 0 Å². The van der Waals surface area contributed by atoms with Crippen LogP contribution in [0.5, 0.6) is 0 Å². The Hall–Kier alpha value is -1.25. The Bertz CT molecular complexity index is 326. The van der Waals surface area contributed by atoms with Crippen molar-refractivity contribution in [3.8, 4) is 0 Å². The molecule has 1 saturated carbocycles. The van der Waals surface area contributed by atoms with Crippen molar-refractivity contribution >= 4 is 11.4 Å². The summed E-state index contributed by atoms with van der Waals surface area (Å²) in [6, 6.07) is 4.79. The molecule has 88 valence electrons. The predicted molar refractivity (Wildman–Crippen MR) is 65.9 cm³/mol. The van der Waals surface area contributed by atoms with Crippen LogP contribution in [0.15, 0.2) is 18.2 Å². The van der Waals surface area contributed by atoms with Gasteiger partial charge in [0.15, 0.2) is 0 Å². The topological polar surface area (TPSA) is 38.0 Å². The number of hydrogen-bond acceptors (Lipinski definition) is 2. The first kappa shape index (κ1) is 11.2. The summed E-state index contributed by atoms with van der Waals surface area (Å²) in [6.07, 6.45) is 6.48. The van der Waals surface area contributed by atoms with Crippen molar-refractivity contribution < 1.29 is 4.39 Å². The van der Waals surface area contributed by atoms with Crippen molar-refractivity contribution in [2.45, 2.75) is 32.1 Å². The highest BCUT2D eigenvalue weighted by atomic mass is 19.1. The van der Waals surface area contributed by atoms with Gasteiger partial charge in [0.25, 0.3) is 0 Å². The van der Waals surface area contributed by atoms with Crippen LogP contribution in [0.2, 0.25) is 0 Å². The molecule has 0 bridgehead atoms. The first-order valence-corrected chi connectivity index (χ1v) is 6.05. The van der Waals surface area contributed by atoms with Gasteiger partial charge in [-0.15, -0.1) is 0 Å². The van der Waals surface area contributed by atoms with Crippen LogP contribution in [0.4, 0.5) is 15.8 Å².